The Labute approximate surface area is 155 Å². The van der Waals surface area contributed by atoms with Crippen LogP contribution >= 0.6 is 11.3 Å². The molecule has 132 valence electrons. The molecule has 1 saturated heterocycles. The van der Waals surface area contributed by atoms with E-state index in [2.05, 4.69) is 10.3 Å². The smallest absolute Gasteiger partial charge is 0.253 e. The number of fused-ring (bicyclic) bond motifs is 1. The number of rotatable bonds is 3. The molecule has 0 atom stereocenters. The molecule has 4 rings (SSSR count). The molecule has 2 aromatic carbocycles. The number of hydrogen-bond acceptors (Lipinski definition) is 4. The average Bonchev–Trinajstić information content (AvgIpc) is 3.20. The first-order chi connectivity index (χ1) is 12.7. The lowest BCUT2D eigenvalue weighted by molar-refractivity contribution is -0.121. The summed E-state index contributed by atoms with van der Waals surface area (Å²) in [5, 5.41) is 7.51. The molecular weight excluding hydrogens is 346 g/mol. The third-order valence-corrected chi connectivity index (χ3v) is 5.50. The second-order valence-electron chi connectivity index (χ2n) is 6.45. The number of benzene rings is 2. The molecule has 0 saturated carbocycles. The number of hydrogen-bond donors (Lipinski definition) is 1. The molecule has 1 fully saturated rings. The van der Waals surface area contributed by atoms with Crippen molar-refractivity contribution in [2.75, 3.05) is 18.4 Å². The molecule has 26 heavy (non-hydrogen) atoms. The van der Waals surface area contributed by atoms with Crippen molar-refractivity contribution in [1.82, 2.24) is 9.88 Å². The summed E-state index contributed by atoms with van der Waals surface area (Å²) < 4.78 is 0. The van der Waals surface area contributed by atoms with Crippen LogP contribution in [-0.4, -0.2) is 34.8 Å². The number of nitrogens with zero attached hydrogens (tertiary/aromatic N) is 2. The van der Waals surface area contributed by atoms with Gasteiger partial charge in [-0.05, 0) is 35.7 Å². The van der Waals surface area contributed by atoms with E-state index in [0.717, 1.165) is 10.8 Å². The van der Waals surface area contributed by atoms with Crippen molar-refractivity contribution in [3.63, 3.8) is 0 Å². The van der Waals surface area contributed by atoms with Crippen LogP contribution < -0.4 is 5.32 Å². The van der Waals surface area contributed by atoms with Gasteiger partial charge in [0.05, 0.1) is 0 Å². The number of carbonyl (C=O) groups excluding carboxylic acids is 2. The minimum absolute atomic E-state index is 0.00208. The molecule has 0 unspecified atom stereocenters. The zero-order valence-corrected chi connectivity index (χ0v) is 15.0. The topological polar surface area (TPSA) is 62.3 Å². The molecule has 1 aliphatic heterocycles. The molecule has 0 bridgehead atoms. The van der Waals surface area contributed by atoms with Crippen molar-refractivity contribution in [3.8, 4) is 0 Å². The Morgan fingerprint density at radius 3 is 2.58 bits per heavy atom. The Morgan fingerprint density at radius 2 is 1.85 bits per heavy atom. The van der Waals surface area contributed by atoms with Crippen LogP contribution in [0.1, 0.15) is 23.2 Å². The molecule has 0 aliphatic carbocycles. The van der Waals surface area contributed by atoms with E-state index in [0.29, 0.717) is 36.6 Å². The highest BCUT2D eigenvalue weighted by Gasteiger charge is 2.28. The molecular formula is C20H19N3O2S. The molecule has 0 radical (unpaired) electrons. The molecule has 0 spiro atoms. The molecule has 6 heteroatoms. The van der Waals surface area contributed by atoms with Crippen molar-refractivity contribution in [2.24, 2.45) is 5.92 Å². The van der Waals surface area contributed by atoms with Crippen LogP contribution in [0.2, 0.25) is 0 Å². The quantitative estimate of drug-likeness (QED) is 0.768. The highest BCUT2D eigenvalue weighted by Crippen LogP contribution is 2.23. The zero-order chi connectivity index (χ0) is 17.9. The molecule has 1 N–H and O–H groups in total. The van der Waals surface area contributed by atoms with Gasteiger partial charge in [0.1, 0.15) is 0 Å². The number of carbonyl (C=O) groups is 2. The van der Waals surface area contributed by atoms with Gasteiger partial charge in [-0.2, -0.15) is 0 Å². The number of nitrogens with one attached hydrogen (secondary N) is 1. The van der Waals surface area contributed by atoms with Crippen LogP contribution in [0.4, 0.5) is 5.13 Å². The normalized spacial score (nSPS) is 15.2. The summed E-state index contributed by atoms with van der Waals surface area (Å²) in [6.07, 6.45) is 3.03. The van der Waals surface area contributed by atoms with Crippen molar-refractivity contribution < 1.29 is 9.59 Å². The van der Waals surface area contributed by atoms with E-state index >= 15 is 0 Å². The Hall–Kier alpha value is -2.73. The summed E-state index contributed by atoms with van der Waals surface area (Å²) in [6.45, 7) is 1.20. The van der Waals surface area contributed by atoms with Crippen LogP contribution in [0.25, 0.3) is 10.8 Å². The van der Waals surface area contributed by atoms with Crippen LogP contribution in [0.15, 0.2) is 54.0 Å². The van der Waals surface area contributed by atoms with Gasteiger partial charge in [-0.3, -0.25) is 9.59 Å². The van der Waals surface area contributed by atoms with Gasteiger partial charge < -0.3 is 10.2 Å². The van der Waals surface area contributed by atoms with Gasteiger partial charge in [-0.15, -0.1) is 11.3 Å². The number of piperidine rings is 1. The minimum atomic E-state index is -0.0699. The monoisotopic (exact) mass is 365 g/mol. The summed E-state index contributed by atoms with van der Waals surface area (Å²) in [4.78, 5) is 31.0. The largest absolute Gasteiger partial charge is 0.339 e. The first-order valence-electron chi connectivity index (χ1n) is 8.69. The Kier molecular flexibility index (Phi) is 4.67. The highest BCUT2D eigenvalue weighted by atomic mass is 32.1. The first kappa shape index (κ1) is 16.7. The van der Waals surface area contributed by atoms with Gasteiger partial charge in [0.2, 0.25) is 5.91 Å². The summed E-state index contributed by atoms with van der Waals surface area (Å²) in [5.41, 5.74) is 0.703. The molecule has 2 heterocycles. The number of likely N-dealkylation sites (tertiary alicyclic amines) is 1. The van der Waals surface area contributed by atoms with E-state index in [4.69, 9.17) is 0 Å². The number of aromatic nitrogens is 1. The van der Waals surface area contributed by atoms with Gasteiger partial charge in [0, 0.05) is 36.1 Å². The number of anilines is 1. The molecule has 1 aliphatic rings. The second kappa shape index (κ2) is 7.25. The standard InChI is InChI=1S/C20H19N3O2S/c24-18(22-20-21-9-12-26-20)15-7-10-23(11-8-15)19(25)17-6-5-14-3-1-2-4-16(14)13-17/h1-6,9,12-13,15H,7-8,10-11H2,(H,21,22,24). The third kappa shape index (κ3) is 3.46. The van der Waals surface area contributed by atoms with E-state index in [1.54, 1.807) is 6.20 Å². The fraction of sp³-hybridized carbons (Fsp3) is 0.250. The Balaban J connectivity index is 1.39. The SMILES string of the molecule is O=C(Nc1nccs1)C1CCN(C(=O)c2ccc3ccccc3c2)CC1. The van der Waals surface area contributed by atoms with Crippen LogP contribution in [0.5, 0.6) is 0 Å². The van der Waals surface area contributed by atoms with Gasteiger partial charge in [-0.25, -0.2) is 4.98 Å². The minimum Gasteiger partial charge on any atom is -0.339 e. The van der Waals surface area contributed by atoms with Crippen LogP contribution in [0, 0.1) is 5.92 Å². The lowest BCUT2D eigenvalue weighted by Crippen LogP contribution is -2.41. The van der Waals surface area contributed by atoms with Gasteiger partial charge in [0.15, 0.2) is 5.13 Å². The summed E-state index contributed by atoms with van der Waals surface area (Å²) in [5.74, 6) is -0.0353. The Morgan fingerprint density at radius 1 is 1.08 bits per heavy atom. The lowest BCUT2D eigenvalue weighted by atomic mass is 9.95. The van der Waals surface area contributed by atoms with Gasteiger partial charge >= 0.3 is 0 Å². The maximum Gasteiger partial charge on any atom is 0.253 e. The second-order valence-corrected chi connectivity index (χ2v) is 7.35. The average molecular weight is 365 g/mol. The van der Waals surface area contributed by atoms with Crippen LogP contribution in [-0.2, 0) is 4.79 Å². The van der Waals surface area contributed by atoms with Crippen molar-refractivity contribution in [3.05, 3.63) is 59.6 Å². The molecule has 1 aromatic heterocycles. The Bertz CT molecular complexity index is 931. The van der Waals surface area contributed by atoms with Gasteiger partial charge in [0.25, 0.3) is 5.91 Å². The maximum absolute atomic E-state index is 12.8. The van der Waals surface area contributed by atoms with Crippen molar-refractivity contribution >= 4 is 39.1 Å². The highest BCUT2D eigenvalue weighted by molar-refractivity contribution is 7.13. The number of thiazole rings is 1. The summed E-state index contributed by atoms with van der Waals surface area (Å²) in [7, 11) is 0. The zero-order valence-electron chi connectivity index (χ0n) is 14.2. The van der Waals surface area contributed by atoms with E-state index in [1.807, 2.05) is 52.7 Å². The molecule has 3 aromatic rings. The number of amides is 2. The summed E-state index contributed by atoms with van der Waals surface area (Å²) in [6, 6.07) is 13.8. The van der Waals surface area contributed by atoms with E-state index in [1.165, 1.54) is 11.3 Å². The fourth-order valence-electron chi connectivity index (χ4n) is 3.34. The predicted octanol–water partition coefficient (Wildman–Crippen LogP) is 3.79. The fourth-order valence-corrected chi connectivity index (χ4v) is 3.87. The first-order valence-corrected chi connectivity index (χ1v) is 9.57. The van der Waals surface area contributed by atoms with Crippen LogP contribution in [0.3, 0.4) is 0 Å². The lowest BCUT2D eigenvalue weighted by Gasteiger charge is -2.31. The molecule has 5 nitrogen and oxygen atoms in total. The third-order valence-electron chi connectivity index (χ3n) is 4.81. The van der Waals surface area contributed by atoms with E-state index < -0.39 is 0 Å². The maximum atomic E-state index is 12.8. The molecule has 2 amide bonds. The predicted molar refractivity (Wildman–Crippen MR) is 103 cm³/mol. The van der Waals surface area contributed by atoms with E-state index in [9.17, 15) is 9.59 Å². The van der Waals surface area contributed by atoms with Gasteiger partial charge in [-0.1, -0.05) is 30.3 Å². The summed E-state index contributed by atoms with van der Waals surface area (Å²) >= 11 is 1.41. The van der Waals surface area contributed by atoms with Crippen molar-refractivity contribution in [2.45, 2.75) is 12.8 Å². The van der Waals surface area contributed by atoms with E-state index in [-0.39, 0.29) is 17.7 Å². The van der Waals surface area contributed by atoms with Crippen molar-refractivity contribution in [1.29, 1.82) is 0 Å².